The Morgan fingerprint density at radius 1 is 1.28 bits per heavy atom. The van der Waals surface area contributed by atoms with Crippen molar-refractivity contribution < 1.29 is 9.53 Å². The predicted molar refractivity (Wildman–Crippen MR) is 129 cm³/mol. The van der Waals surface area contributed by atoms with E-state index in [-0.39, 0.29) is 12.1 Å². The summed E-state index contributed by atoms with van der Waals surface area (Å²) in [6.45, 7) is 7.79. The zero-order valence-electron chi connectivity index (χ0n) is 18.7. The molecule has 0 saturated carbocycles. The molecule has 2 amide bonds. The van der Waals surface area contributed by atoms with Gasteiger partial charge in [-0.25, -0.2) is 14.8 Å². The number of carbonyl (C=O) groups is 1. The number of urea groups is 1. The third-order valence-electron chi connectivity index (χ3n) is 5.43. The highest BCUT2D eigenvalue weighted by atomic mass is 32.1. The van der Waals surface area contributed by atoms with Crippen LogP contribution in [0.3, 0.4) is 0 Å². The summed E-state index contributed by atoms with van der Waals surface area (Å²) in [5.74, 6) is 0.783. The number of morpholine rings is 1. The van der Waals surface area contributed by atoms with Crippen LogP contribution in [0.15, 0.2) is 42.6 Å². The first-order valence-electron chi connectivity index (χ1n) is 10.9. The van der Waals surface area contributed by atoms with Crippen LogP contribution < -0.4 is 10.6 Å². The van der Waals surface area contributed by atoms with Gasteiger partial charge in [0.15, 0.2) is 0 Å². The highest BCUT2D eigenvalue weighted by molar-refractivity contribution is 7.19. The van der Waals surface area contributed by atoms with Crippen LogP contribution in [0.5, 0.6) is 0 Å². The number of nitrogens with zero attached hydrogens (tertiary/aromatic N) is 3. The molecule has 0 aliphatic carbocycles. The van der Waals surface area contributed by atoms with Gasteiger partial charge in [-0.05, 0) is 30.2 Å². The number of anilines is 1. The van der Waals surface area contributed by atoms with Crippen molar-refractivity contribution >= 4 is 23.1 Å². The number of hydrogen-bond donors (Lipinski definition) is 2. The molecule has 168 valence electrons. The molecule has 0 spiro atoms. The quantitative estimate of drug-likeness (QED) is 0.580. The van der Waals surface area contributed by atoms with E-state index < -0.39 is 0 Å². The summed E-state index contributed by atoms with van der Waals surface area (Å²) >= 11 is 1.62. The van der Waals surface area contributed by atoms with Gasteiger partial charge in [-0.2, -0.15) is 0 Å². The zero-order chi connectivity index (χ0) is 22.5. The van der Waals surface area contributed by atoms with Crippen LogP contribution in [-0.4, -0.2) is 53.7 Å². The molecule has 2 N–H and O–H groups in total. The van der Waals surface area contributed by atoms with Gasteiger partial charge in [0.2, 0.25) is 0 Å². The van der Waals surface area contributed by atoms with Gasteiger partial charge in [0.25, 0.3) is 0 Å². The maximum atomic E-state index is 12.0. The Morgan fingerprint density at radius 2 is 2.09 bits per heavy atom. The minimum atomic E-state index is -0.254. The van der Waals surface area contributed by atoms with E-state index in [4.69, 9.17) is 4.74 Å². The van der Waals surface area contributed by atoms with E-state index in [0.717, 1.165) is 65.2 Å². The summed E-state index contributed by atoms with van der Waals surface area (Å²) < 4.78 is 5.64. The molecule has 1 saturated heterocycles. The molecule has 3 heterocycles. The molecule has 1 atom stereocenters. The van der Waals surface area contributed by atoms with Crippen molar-refractivity contribution in [2.24, 2.45) is 0 Å². The van der Waals surface area contributed by atoms with Crippen LogP contribution in [0.4, 0.5) is 10.5 Å². The van der Waals surface area contributed by atoms with Crippen LogP contribution in [-0.2, 0) is 17.7 Å². The molecule has 0 bridgehead atoms. The molecule has 4 rings (SSSR count). The monoisotopic (exact) mass is 451 g/mol. The summed E-state index contributed by atoms with van der Waals surface area (Å²) in [6.07, 6.45) is 2.81. The van der Waals surface area contributed by atoms with Crippen molar-refractivity contribution in [2.45, 2.75) is 32.9 Å². The third-order valence-corrected chi connectivity index (χ3v) is 6.64. The number of hydrogen-bond acceptors (Lipinski definition) is 6. The topological polar surface area (TPSA) is 79.4 Å². The normalized spacial score (nSPS) is 16.7. The Hall–Kier alpha value is -2.81. The molecule has 8 heteroatoms. The third kappa shape index (κ3) is 5.32. The van der Waals surface area contributed by atoms with Crippen molar-refractivity contribution in [3.05, 3.63) is 54.0 Å². The summed E-state index contributed by atoms with van der Waals surface area (Å²) in [5, 5.41) is 5.56. The first-order chi connectivity index (χ1) is 15.6. The fourth-order valence-corrected chi connectivity index (χ4v) is 4.85. The average Bonchev–Trinajstić information content (AvgIpc) is 3.23. The molecule has 1 fully saturated rings. The van der Waals surface area contributed by atoms with E-state index in [1.807, 2.05) is 19.1 Å². The van der Waals surface area contributed by atoms with Crippen molar-refractivity contribution in [1.82, 2.24) is 20.2 Å². The molecule has 0 radical (unpaired) electrons. The van der Waals surface area contributed by atoms with Gasteiger partial charge in [-0.1, -0.05) is 31.2 Å². The minimum absolute atomic E-state index is 0.254. The first kappa shape index (κ1) is 22.4. The zero-order valence-corrected chi connectivity index (χ0v) is 19.5. The molecule has 7 nitrogen and oxygen atoms in total. The van der Waals surface area contributed by atoms with Crippen molar-refractivity contribution in [2.75, 3.05) is 32.1 Å². The number of carbonyl (C=O) groups excluding carboxylic acids is 1. The lowest BCUT2D eigenvalue weighted by Crippen LogP contribution is -2.40. The van der Waals surface area contributed by atoms with Crippen LogP contribution >= 0.6 is 11.3 Å². The van der Waals surface area contributed by atoms with Gasteiger partial charge >= 0.3 is 6.03 Å². The number of aryl methyl sites for hydroxylation is 1. The van der Waals surface area contributed by atoms with Gasteiger partial charge < -0.3 is 15.4 Å². The Labute approximate surface area is 192 Å². The second-order valence-electron chi connectivity index (χ2n) is 7.88. The Kier molecular flexibility index (Phi) is 7.14. The number of benzene rings is 1. The minimum Gasteiger partial charge on any atom is -0.376 e. The van der Waals surface area contributed by atoms with Gasteiger partial charge in [0.1, 0.15) is 5.82 Å². The number of thiophene rings is 1. The largest absolute Gasteiger partial charge is 0.376 e. The predicted octanol–water partition coefficient (Wildman–Crippen LogP) is 4.41. The van der Waals surface area contributed by atoms with Crippen LogP contribution in [0.25, 0.3) is 21.0 Å². The highest BCUT2D eigenvalue weighted by Crippen LogP contribution is 2.41. The fourth-order valence-electron chi connectivity index (χ4n) is 3.76. The second kappa shape index (κ2) is 10.2. The van der Waals surface area contributed by atoms with Gasteiger partial charge in [-0.3, -0.25) is 4.90 Å². The highest BCUT2D eigenvalue weighted by Gasteiger charge is 2.18. The van der Waals surface area contributed by atoms with Gasteiger partial charge in [-0.15, -0.1) is 11.3 Å². The number of nitrogens with one attached hydrogen (secondary N) is 2. The first-order valence-corrected chi connectivity index (χ1v) is 11.8. The Morgan fingerprint density at radius 3 is 2.81 bits per heavy atom. The smallest absolute Gasteiger partial charge is 0.319 e. The van der Waals surface area contributed by atoms with E-state index in [9.17, 15) is 4.79 Å². The van der Waals surface area contributed by atoms with Gasteiger partial charge in [0.05, 0.1) is 29.0 Å². The number of aromatic nitrogens is 2. The number of rotatable bonds is 6. The molecule has 1 aliphatic heterocycles. The standard InChI is InChI=1S/C24H29N5O2S/c1-4-22-26-10-9-19(27-22)23-20(28-24(30)25-3)13-21(32-23)18-7-5-17(6-8-18)15-29-11-12-31-16(2)14-29/h5-10,13,16H,4,11-12,14-15H2,1-3H3,(H2,25,28,30)/t16-/m1/s1. The van der Waals surface area contributed by atoms with Crippen molar-refractivity contribution in [1.29, 1.82) is 0 Å². The van der Waals surface area contributed by atoms with E-state index in [1.165, 1.54) is 5.56 Å². The van der Waals surface area contributed by atoms with Crippen LogP contribution in [0.2, 0.25) is 0 Å². The summed E-state index contributed by atoms with van der Waals surface area (Å²) in [6, 6.07) is 12.3. The molecule has 1 aliphatic rings. The molecular formula is C24H29N5O2S. The molecule has 0 unspecified atom stereocenters. The molecule has 2 aromatic heterocycles. The Balaban J connectivity index is 1.59. The second-order valence-corrected chi connectivity index (χ2v) is 8.93. The van der Waals surface area contributed by atoms with Gasteiger partial charge in [0, 0.05) is 44.2 Å². The lowest BCUT2D eigenvalue weighted by molar-refractivity contribution is -0.0212. The van der Waals surface area contributed by atoms with Crippen LogP contribution in [0, 0.1) is 0 Å². The number of amides is 2. The summed E-state index contributed by atoms with van der Waals surface area (Å²) in [4.78, 5) is 25.4. The van der Waals surface area contributed by atoms with E-state index in [0.29, 0.717) is 0 Å². The fraction of sp³-hybridized carbons (Fsp3) is 0.375. The van der Waals surface area contributed by atoms with E-state index in [1.54, 1.807) is 24.6 Å². The van der Waals surface area contributed by atoms with E-state index in [2.05, 4.69) is 56.7 Å². The average molecular weight is 452 g/mol. The van der Waals surface area contributed by atoms with Crippen molar-refractivity contribution in [3.8, 4) is 21.0 Å². The summed E-state index contributed by atoms with van der Waals surface area (Å²) in [5.41, 5.74) is 3.96. The maximum Gasteiger partial charge on any atom is 0.319 e. The Bertz CT molecular complexity index is 1070. The maximum absolute atomic E-state index is 12.0. The molecule has 3 aromatic rings. The van der Waals surface area contributed by atoms with Crippen LogP contribution in [0.1, 0.15) is 25.2 Å². The van der Waals surface area contributed by atoms with Crippen molar-refractivity contribution in [3.63, 3.8) is 0 Å². The molecular weight excluding hydrogens is 422 g/mol. The lowest BCUT2D eigenvalue weighted by atomic mass is 10.1. The molecule has 1 aromatic carbocycles. The SMILES string of the molecule is CCc1nccc(-c2sc(-c3ccc(CN4CCO[C@H](C)C4)cc3)cc2NC(=O)NC)n1. The lowest BCUT2D eigenvalue weighted by Gasteiger charge is -2.31. The molecule has 32 heavy (non-hydrogen) atoms. The van der Waals surface area contributed by atoms with E-state index >= 15 is 0 Å². The summed E-state index contributed by atoms with van der Waals surface area (Å²) in [7, 11) is 1.61. The number of ether oxygens (including phenoxy) is 1.